The lowest BCUT2D eigenvalue weighted by Gasteiger charge is -2.11. The molecule has 0 fully saturated rings. The fourth-order valence-corrected chi connectivity index (χ4v) is 3.04. The molecule has 0 atom stereocenters. The van der Waals surface area contributed by atoms with E-state index in [1.807, 2.05) is 67.7 Å². The molecule has 1 aromatic heterocycles. The van der Waals surface area contributed by atoms with Gasteiger partial charge in [0.2, 0.25) is 0 Å². The molecule has 156 valence electrons. The lowest BCUT2D eigenvalue weighted by atomic mass is 10.1. The minimum atomic E-state index is -0.0759. The van der Waals surface area contributed by atoms with Crippen LogP contribution in [0, 0.1) is 0 Å². The summed E-state index contributed by atoms with van der Waals surface area (Å²) in [7, 11) is 1.64. The number of carbonyl (C=O) groups is 1. The van der Waals surface area contributed by atoms with Crippen molar-refractivity contribution in [3.05, 3.63) is 77.7 Å². The van der Waals surface area contributed by atoms with Gasteiger partial charge in [0.05, 0.1) is 11.9 Å². The number of imidazole rings is 1. The van der Waals surface area contributed by atoms with Gasteiger partial charge in [-0.2, -0.15) is 0 Å². The molecule has 0 saturated heterocycles. The van der Waals surface area contributed by atoms with Crippen molar-refractivity contribution in [2.24, 2.45) is 4.99 Å². The highest BCUT2D eigenvalue weighted by Crippen LogP contribution is 2.16. The topological polar surface area (TPSA) is 94.2 Å². The molecule has 0 aliphatic heterocycles. The molecule has 0 aliphatic rings. The van der Waals surface area contributed by atoms with E-state index in [-0.39, 0.29) is 5.91 Å². The molecule has 4 N–H and O–H groups in total. The lowest BCUT2D eigenvalue weighted by molar-refractivity contribution is 0.0963. The number of hydrogen-bond acceptors (Lipinski definition) is 3. The van der Waals surface area contributed by atoms with Gasteiger partial charge >= 0.3 is 0 Å². The Balaban J connectivity index is 1.56. The highest BCUT2D eigenvalue weighted by molar-refractivity contribution is 5.94. The molecule has 3 rings (SSSR count). The SMILES string of the molecule is CCNC(=NCc1ncc(-c2ccccc2)[nH]1)NCCc1cccc(C(=O)NC)c1. The van der Waals surface area contributed by atoms with Crippen LogP contribution in [0.15, 0.2) is 65.8 Å². The molecule has 0 spiro atoms. The Morgan fingerprint density at radius 3 is 2.70 bits per heavy atom. The van der Waals surface area contributed by atoms with Crippen LogP contribution in [-0.2, 0) is 13.0 Å². The summed E-state index contributed by atoms with van der Waals surface area (Å²) in [5.41, 5.74) is 3.85. The minimum Gasteiger partial charge on any atom is -0.357 e. The summed E-state index contributed by atoms with van der Waals surface area (Å²) in [6.45, 7) is 3.96. The number of guanidine groups is 1. The van der Waals surface area contributed by atoms with Crippen molar-refractivity contribution in [3.63, 3.8) is 0 Å². The summed E-state index contributed by atoms with van der Waals surface area (Å²) in [5.74, 6) is 1.47. The average Bonchev–Trinajstić information content (AvgIpc) is 3.27. The van der Waals surface area contributed by atoms with E-state index in [1.165, 1.54) is 0 Å². The molecule has 0 unspecified atom stereocenters. The largest absolute Gasteiger partial charge is 0.357 e. The summed E-state index contributed by atoms with van der Waals surface area (Å²) in [6, 6.07) is 17.8. The number of rotatable bonds is 8. The number of nitrogens with one attached hydrogen (secondary N) is 4. The third-order valence-electron chi connectivity index (χ3n) is 4.57. The Bertz CT molecular complexity index is 980. The van der Waals surface area contributed by atoms with Crippen molar-refractivity contribution in [1.82, 2.24) is 25.9 Å². The predicted octanol–water partition coefficient (Wildman–Crippen LogP) is 2.73. The predicted molar refractivity (Wildman–Crippen MR) is 120 cm³/mol. The molecule has 0 saturated carbocycles. The summed E-state index contributed by atoms with van der Waals surface area (Å²) >= 11 is 0. The number of nitrogens with zero attached hydrogens (tertiary/aromatic N) is 2. The molecule has 1 amide bonds. The van der Waals surface area contributed by atoms with E-state index >= 15 is 0 Å². The van der Waals surface area contributed by atoms with Gasteiger partial charge in [0.1, 0.15) is 12.4 Å². The number of H-pyrrole nitrogens is 1. The van der Waals surface area contributed by atoms with E-state index in [9.17, 15) is 4.79 Å². The van der Waals surface area contributed by atoms with Gasteiger partial charge in [-0.15, -0.1) is 0 Å². The maximum atomic E-state index is 11.8. The monoisotopic (exact) mass is 404 g/mol. The number of aromatic amines is 1. The van der Waals surface area contributed by atoms with Gasteiger partial charge in [-0.05, 0) is 36.6 Å². The van der Waals surface area contributed by atoms with Gasteiger partial charge in [-0.1, -0.05) is 42.5 Å². The quantitative estimate of drug-likeness (QED) is 0.343. The summed E-state index contributed by atoms with van der Waals surface area (Å²) in [5, 5.41) is 9.24. The zero-order valence-corrected chi connectivity index (χ0v) is 17.4. The van der Waals surface area contributed by atoms with Gasteiger partial charge < -0.3 is 20.9 Å². The van der Waals surface area contributed by atoms with Crippen LogP contribution in [0.25, 0.3) is 11.3 Å². The molecule has 0 aliphatic carbocycles. The summed E-state index contributed by atoms with van der Waals surface area (Å²) in [4.78, 5) is 24.1. The first-order valence-electron chi connectivity index (χ1n) is 10.1. The van der Waals surface area contributed by atoms with Gasteiger partial charge in [0, 0.05) is 25.7 Å². The third-order valence-corrected chi connectivity index (χ3v) is 4.57. The van der Waals surface area contributed by atoms with Crippen LogP contribution in [0.1, 0.15) is 28.7 Å². The Hall–Kier alpha value is -3.61. The Morgan fingerprint density at radius 2 is 1.93 bits per heavy atom. The van der Waals surface area contributed by atoms with E-state index in [2.05, 4.69) is 30.9 Å². The molecular weight excluding hydrogens is 376 g/mol. The molecule has 2 aromatic carbocycles. The van der Waals surface area contributed by atoms with E-state index in [0.29, 0.717) is 18.7 Å². The van der Waals surface area contributed by atoms with Crippen molar-refractivity contribution in [1.29, 1.82) is 0 Å². The normalized spacial score (nSPS) is 11.2. The second-order valence-electron chi connectivity index (χ2n) is 6.76. The molecular formula is C23H28N6O. The molecule has 7 heteroatoms. The van der Waals surface area contributed by atoms with E-state index < -0.39 is 0 Å². The second-order valence-corrected chi connectivity index (χ2v) is 6.76. The Kier molecular flexibility index (Phi) is 7.60. The standard InChI is InChI=1S/C23H28N6O/c1-3-25-23(26-13-12-17-8-7-11-19(14-17)22(30)24-2)28-16-21-27-15-20(29-21)18-9-5-4-6-10-18/h4-11,14-15H,3,12-13,16H2,1-2H3,(H,24,30)(H,27,29)(H2,25,26,28). The minimum absolute atomic E-state index is 0.0759. The van der Waals surface area contributed by atoms with Crippen LogP contribution < -0.4 is 16.0 Å². The maximum Gasteiger partial charge on any atom is 0.251 e. The van der Waals surface area contributed by atoms with Crippen molar-refractivity contribution in [2.75, 3.05) is 20.1 Å². The first kappa shape index (κ1) is 21.1. The van der Waals surface area contributed by atoms with Gasteiger partial charge in [0.25, 0.3) is 5.91 Å². The number of benzene rings is 2. The van der Waals surface area contributed by atoms with Crippen LogP contribution >= 0.6 is 0 Å². The molecule has 1 heterocycles. The van der Waals surface area contributed by atoms with Gasteiger partial charge in [0.15, 0.2) is 5.96 Å². The second kappa shape index (κ2) is 10.8. The number of carbonyl (C=O) groups excluding carboxylic acids is 1. The smallest absolute Gasteiger partial charge is 0.251 e. The molecule has 3 aromatic rings. The van der Waals surface area contributed by atoms with Crippen LogP contribution in [0.2, 0.25) is 0 Å². The maximum absolute atomic E-state index is 11.8. The number of amides is 1. The average molecular weight is 405 g/mol. The van der Waals surface area contributed by atoms with Crippen LogP contribution in [0.5, 0.6) is 0 Å². The van der Waals surface area contributed by atoms with Gasteiger partial charge in [-0.25, -0.2) is 9.98 Å². The van der Waals surface area contributed by atoms with Crippen LogP contribution in [0.4, 0.5) is 0 Å². The Labute approximate surface area is 177 Å². The highest BCUT2D eigenvalue weighted by Gasteiger charge is 2.05. The van der Waals surface area contributed by atoms with E-state index in [1.54, 1.807) is 7.05 Å². The zero-order valence-electron chi connectivity index (χ0n) is 17.4. The van der Waals surface area contributed by atoms with E-state index in [4.69, 9.17) is 0 Å². The molecule has 30 heavy (non-hydrogen) atoms. The van der Waals surface area contributed by atoms with Crippen molar-refractivity contribution >= 4 is 11.9 Å². The summed E-state index contributed by atoms with van der Waals surface area (Å²) in [6.07, 6.45) is 2.62. The highest BCUT2D eigenvalue weighted by atomic mass is 16.1. The fraction of sp³-hybridized carbons (Fsp3) is 0.261. The van der Waals surface area contributed by atoms with Crippen LogP contribution in [-0.4, -0.2) is 42.0 Å². The lowest BCUT2D eigenvalue weighted by Crippen LogP contribution is -2.38. The molecule has 0 radical (unpaired) electrons. The molecule has 0 bridgehead atoms. The van der Waals surface area contributed by atoms with Crippen molar-refractivity contribution in [2.45, 2.75) is 19.9 Å². The van der Waals surface area contributed by atoms with Crippen LogP contribution in [0.3, 0.4) is 0 Å². The van der Waals surface area contributed by atoms with E-state index in [0.717, 1.165) is 41.6 Å². The van der Waals surface area contributed by atoms with Crippen molar-refractivity contribution < 1.29 is 4.79 Å². The fourth-order valence-electron chi connectivity index (χ4n) is 3.04. The Morgan fingerprint density at radius 1 is 1.10 bits per heavy atom. The third kappa shape index (κ3) is 5.94. The number of hydrogen-bond donors (Lipinski definition) is 4. The first-order valence-corrected chi connectivity index (χ1v) is 10.1. The number of aliphatic imine (C=N–C) groups is 1. The molecule has 7 nitrogen and oxygen atoms in total. The first-order chi connectivity index (χ1) is 14.7. The summed E-state index contributed by atoms with van der Waals surface area (Å²) < 4.78 is 0. The van der Waals surface area contributed by atoms with Gasteiger partial charge in [-0.3, -0.25) is 4.79 Å². The zero-order chi connectivity index (χ0) is 21.2. The number of aromatic nitrogens is 2. The van der Waals surface area contributed by atoms with Crippen molar-refractivity contribution in [3.8, 4) is 11.3 Å².